The summed E-state index contributed by atoms with van der Waals surface area (Å²) in [6.45, 7) is 5.06. The number of hydrogen-bond acceptors (Lipinski definition) is 4. The van der Waals surface area contributed by atoms with E-state index in [1.807, 2.05) is 6.92 Å². The van der Waals surface area contributed by atoms with Gasteiger partial charge >= 0.3 is 6.03 Å². The van der Waals surface area contributed by atoms with Crippen molar-refractivity contribution < 1.29 is 14.4 Å². The van der Waals surface area contributed by atoms with Crippen LogP contribution >= 0.6 is 12.4 Å². The molecule has 1 aliphatic carbocycles. The van der Waals surface area contributed by atoms with Crippen LogP contribution < -0.4 is 11.1 Å². The van der Waals surface area contributed by atoms with Gasteiger partial charge in [0.15, 0.2) is 0 Å². The molecule has 3 fully saturated rings. The van der Waals surface area contributed by atoms with Crippen molar-refractivity contribution in [3.63, 3.8) is 0 Å². The fourth-order valence-electron chi connectivity index (χ4n) is 4.67. The Bertz CT molecular complexity index is 573. The predicted octanol–water partition coefficient (Wildman–Crippen LogP) is 1.49. The Kier molecular flexibility index (Phi) is 6.55. The number of likely N-dealkylation sites (tertiary alicyclic amines) is 1. The molecule has 4 amide bonds. The molecule has 0 bridgehead atoms. The van der Waals surface area contributed by atoms with E-state index in [2.05, 4.69) is 12.2 Å². The molecule has 0 aromatic rings. The van der Waals surface area contributed by atoms with E-state index < -0.39 is 11.6 Å². The number of hydrogen-bond donors (Lipinski definition) is 2. The molecule has 148 valence electrons. The monoisotopic (exact) mass is 386 g/mol. The van der Waals surface area contributed by atoms with Crippen LogP contribution in [0.5, 0.6) is 0 Å². The summed E-state index contributed by atoms with van der Waals surface area (Å²) in [5.74, 6) is 0.241. The van der Waals surface area contributed by atoms with Gasteiger partial charge in [-0.3, -0.25) is 14.5 Å². The van der Waals surface area contributed by atoms with Crippen molar-refractivity contribution in [2.45, 2.75) is 64.0 Å². The fourth-order valence-corrected chi connectivity index (χ4v) is 4.67. The SMILES string of the molecule is CC1CCN(C(=O)CN2C(=O)NC3(CCCCC3C)C2=O)C(CN)C1.Cl. The van der Waals surface area contributed by atoms with Gasteiger partial charge in [0.1, 0.15) is 12.1 Å². The predicted molar refractivity (Wildman–Crippen MR) is 101 cm³/mol. The molecule has 0 radical (unpaired) electrons. The zero-order chi connectivity index (χ0) is 18.2. The molecule has 3 rings (SSSR count). The zero-order valence-corrected chi connectivity index (χ0v) is 16.5. The summed E-state index contributed by atoms with van der Waals surface area (Å²) < 4.78 is 0. The van der Waals surface area contributed by atoms with Crippen molar-refractivity contribution in [1.82, 2.24) is 15.1 Å². The second-order valence-corrected chi connectivity index (χ2v) is 8.05. The van der Waals surface area contributed by atoms with Crippen molar-refractivity contribution in [3.8, 4) is 0 Å². The molecule has 3 aliphatic rings. The topological polar surface area (TPSA) is 95.7 Å². The van der Waals surface area contributed by atoms with Crippen LogP contribution in [0.25, 0.3) is 0 Å². The maximum Gasteiger partial charge on any atom is 0.325 e. The summed E-state index contributed by atoms with van der Waals surface area (Å²) >= 11 is 0. The van der Waals surface area contributed by atoms with Crippen LogP contribution in [-0.4, -0.2) is 58.9 Å². The van der Waals surface area contributed by atoms with Crippen LogP contribution in [-0.2, 0) is 9.59 Å². The quantitative estimate of drug-likeness (QED) is 0.718. The number of nitrogens with zero attached hydrogens (tertiary/aromatic N) is 2. The van der Waals surface area contributed by atoms with Crippen LogP contribution in [0.2, 0.25) is 0 Å². The zero-order valence-electron chi connectivity index (χ0n) is 15.7. The van der Waals surface area contributed by atoms with Gasteiger partial charge in [0.2, 0.25) is 5.91 Å². The summed E-state index contributed by atoms with van der Waals surface area (Å²) in [6.07, 6.45) is 5.41. The highest BCUT2D eigenvalue weighted by atomic mass is 35.5. The van der Waals surface area contributed by atoms with Gasteiger partial charge < -0.3 is 16.0 Å². The van der Waals surface area contributed by atoms with E-state index >= 15 is 0 Å². The van der Waals surface area contributed by atoms with Crippen LogP contribution in [0.4, 0.5) is 4.79 Å². The summed E-state index contributed by atoms with van der Waals surface area (Å²) in [7, 11) is 0. The van der Waals surface area contributed by atoms with Crippen molar-refractivity contribution >= 4 is 30.3 Å². The molecule has 2 aliphatic heterocycles. The molecule has 0 aromatic carbocycles. The minimum atomic E-state index is -0.806. The van der Waals surface area contributed by atoms with Crippen molar-refractivity contribution in [3.05, 3.63) is 0 Å². The van der Waals surface area contributed by atoms with Crippen molar-refractivity contribution in [2.24, 2.45) is 17.6 Å². The van der Waals surface area contributed by atoms with Crippen LogP contribution in [0, 0.1) is 11.8 Å². The molecule has 3 N–H and O–H groups in total. The second kappa shape index (κ2) is 8.13. The third kappa shape index (κ3) is 3.56. The average Bonchev–Trinajstić information content (AvgIpc) is 2.82. The third-order valence-electron chi connectivity index (χ3n) is 6.37. The van der Waals surface area contributed by atoms with E-state index in [4.69, 9.17) is 5.73 Å². The number of carbonyl (C=O) groups is 3. The average molecular weight is 387 g/mol. The molecule has 4 unspecified atom stereocenters. The number of nitrogens with two attached hydrogens (primary N) is 1. The first-order valence-corrected chi connectivity index (χ1v) is 9.52. The molecule has 8 heteroatoms. The summed E-state index contributed by atoms with van der Waals surface area (Å²) in [4.78, 5) is 41.0. The fraction of sp³-hybridized carbons (Fsp3) is 0.833. The summed E-state index contributed by atoms with van der Waals surface area (Å²) in [5.41, 5.74) is 5.03. The van der Waals surface area contributed by atoms with E-state index in [0.717, 1.165) is 37.0 Å². The first-order chi connectivity index (χ1) is 11.9. The van der Waals surface area contributed by atoms with Crippen molar-refractivity contribution in [1.29, 1.82) is 0 Å². The van der Waals surface area contributed by atoms with Gasteiger partial charge in [0.25, 0.3) is 5.91 Å². The summed E-state index contributed by atoms with van der Waals surface area (Å²) in [5, 5.41) is 2.90. The number of carbonyl (C=O) groups excluding carboxylic acids is 3. The van der Waals surface area contributed by atoms with Crippen LogP contribution in [0.1, 0.15) is 52.4 Å². The lowest BCUT2D eigenvalue weighted by molar-refractivity contribution is -0.142. The lowest BCUT2D eigenvalue weighted by Gasteiger charge is -2.39. The minimum Gasteiger partial charge on any atom is -0.337 e. The lowest BCUT2D eigenvalue weighted by atomic mass is 9.73. The molecule has 7 nitrogen and oxygen atoms in total. The number of nitrogens with one attached hydrogen (secondary N) is 1. The first kappa shape index (κ1) is 21.0. The molecule has 26 heavy (non-hydrogen) atoms. The standard InChI is InChI=1S/C18H30N4O3.ClH/c1-12-6-8-21(14(9-12)10-19)15(23)11-22-16(24)18(20-17(22)25)7-4-3-5-13(18)2;/h12-14H,3-11,19H2,1-2H3,(H,20,25);1H. The number of imide groups is 1. The van der Waals surface area contributed by atoms with Gasteiger partial charge in [-0.15, -0.1) is 12.4 Å². The van der Waals surface area contributed by atoms with Crippen LogP contribution in [0.3, 0.4) is 0 Å². The number of piperidine rings is 1. The number of rotatable bonds is 3. The molecular weight excluding hydrogens is 356 g/mol. The van der Waals surface area contributed by atoms with E-state index in [0.29, 0.717) is 25.4 Å². The highest BCUT2D eigenvalue weighted by molar-refractivity contribution is 6.09. The number of amides is 4. The Balaban J connectivity index is 0.00000243. The molecule has 1 saturated carbocycles. The second-order valence-electron chi connectivity index (χ2n) is 8.05. The van der Waals surface area contributed by atoms with Gasteiger partial charge in [0, 0.05) is 19.1 Å². The Morgan fingerprint density at radius 1 is 1.27 bits per heavy atom. The Morgan fingerprint density at radius 3 is 2.65 bits per heavy atom. The molecule has 1 spiro atoms. The summed E-state index contributed by atoms with van der Waals surface area (Å²) in [6, 6.07) is -0.429. The molecular formula is C18H31ClN4O3. The largest absolute Gasteiger partial charge is 0.337 e. The van der Waals surface area contributed by atoms with E-state index in [9.17, 15) is 14.4 Å². The lowest BCUT2D eigenvalue weighted by Crippen LogP contribution is -2.55. The van der Waals surface area contributed by atoms with Gasteiger partial charge in [-0.1, -0.05) is 26.7 Å². The molecule has 4 atom stereocenters. The minimum absolute atomic E-state index is 0. The Hall–Kier alpha value is -1.34. The van der Waals surface area contributed by atoms with Crippen LogP contribution in [0.15, 0.2) is 0 Å². The third-order valence-corrected chi connectivity index (χ3v) is 6.37. The molecule has 2 saturated heterocycles. The first-order valence-electron chi connectivity index (χ1n) is 9.52. The number of urea groups is 1. The maximum atomic E-state index is 13.0. The molecule has 2 heterocycles. The smallest absolute Gasteiger partial charge is 0.325 e. The highest BCUT2D eigenvalue weighted by Gasteiger charge is 2.55. The highest BCUT2D eigenvalue weighted by Crippen LogP contribution is 2.38. The maximum absolute atomic E-state index is 13.0. The normalized spacial score (nSPS) is 34.7. The van der Waals surface area contributed by atoms with E-state index in [-0.39, 0.29) is 42.7 Å². The van der Waals surface area contributed by atoms with Gasteiger partial charge in [-0.2, -0.15) is 0 Å². The van der Waals surface area contributed by atoms with Gasteiger partial charge in [-0.05, 0) is 37.5 Å². The van der Waals surface area contributed by atoms with E-state index in [1.165, 1.54) is 0 Å². The Morgan fingerprint density at radius 2 is 2.00 bits per heavy atom. The van der Waals surface area contributed by atoms with E-state index in [1.54, 1.807) is 4.90 Å². The number of halogens is 1. The van der Waals surface area contributed by atoms with Gasteiger partial charge in [0.05, 0.1) is 0 Å². The molecule has 0 aromatic heterocycles. The van der Waals surface area contributed by atoms with Crippen molar-refractivity contribution in [2.75, 3.05) is 19.6 Å². The Labute approximate surface area is 161 Å². The van der Waals surface area contributed by atoms with Gasteiger partial charge in [-0.25, -0.2) is 4.79 Å².